The Morgan fingerprint density at radius 2 is 2.11 bits per heavy atom. The van der Waals surface area contributed by atoms with Gasteiger partial charge in [0.05, 0.1) is 13.2 Å². The Hall–Kier alpha value is -1.06. The SMILES string of the molecule is CCC[C@H](O)CN(Cc1ccccc1OC)C1CC1. The van der Waals surface area contributed by atoms with E-state index >= 15 is 0 Å². The molecule has 0 amide bonds. The molecule has 0 radical (unpaired) electrons. The summed E-state index contributed by atoms with van der Waals surface area (Å²) in [6.45, 7) is 3.76. The van der Waals surface area contributed by atoms with Crippen molar-refractivity contribution < 1.29 is 9.84 Å². The van der Waals surface area contributed by atoms with Gasteiger partial charge in [0.1, 0.15) is 5.75 Å². The lowest BCUT2D eigenvalue weighted by atomic mass is 10.1. The topological polar surface area (TPSA) is 32.7 Å². The van der Waals surface area contributed by atoms with Crippen LogP contribution in [0.15, 0.2) is 24.3 Å². The summed E-state index contributed by atoms with van der Waals surface area (Å²) in [7, 11) is 1.71. The van der Waals surface area contributed by atoms with Crippen LogP contribution < -0.4 is 4.74 Å². The van der Waals surface area contributed by atoms with Gasteiger partial charge in [0.25, 0.3) is 0 Å². The molecule has 3 nitrogen and oxygen atoms in total. The molecule has 0 spiro atoms. The molecule has 19 heavy (non-hydrogen) atoms. The first kappa shape index (κ1) is 14.4. The second-order valence-electron chi connectivity index (χ2n) is 5.41. The van der Waals surface area contributed by atoms with E-state index in [9.17, 15) is 5.11 Å². The lowest BCUT2D eigenvalue weighted by molar-refractivity contribution is 0.0962. The van der Waals surface area contributed by atoms with Crippen molar-refractivity contribution in [3.8, 4) is 5.75 Å². The van der Waals surface area contributed by atoms with Crippen LogP contribution in [0.25, 0.3) is 0 Å². The zero-order valence-electron chi connectivity index (χ0n) is 12.0. The van der Waals surface area contributed by atoms with Crippen molar-refractivity contribution in [2.75, 3.05) is 13.7 Å². The van der Waals surface area contributed by atoms with E-state index in [0.29, 0.717) is 6.04 Å². The number of ether oxygens (including phenoxy) is 1. The molecule has 1 aliphatic carbocycles. The highest BCUT2D eigenvalue weighted by Crippen LogP contribution is 2.30. The molecule has 1 saturated carbocycles. The Kier molecular flexibility index (Phi) is 5.23. The standard InChI is InChI=1S/C16H25NO2/c1-3-6-15(18)12-17(14-9-10-14)11-13-7-4-5-8-16(13)19-2/h4-5,7-8,14-15,18H,3,6,9-12H2,1-2H3/t15-/m0/s1. The predicted molar refractivity (Wildman–Crippen MR) is 77.3 cm³/mol. The Balaban J connectivity index is 2.00. The molecule has 0 saturated heterocycles. The Bertz CT molecular complexity index is 390. The summed E-state index contributed by atoms with van der Waals surface area (Å²) in [5.74, 6) is 0.943. The van der Waals surface area contributed by atoms with Crippen LogP contribution in [0.3, 0.4) is 0 Å². The maximum Gasteiger partial charge on any atom is 0.123 e. The van der Waals surface area contributed by atoms with Gasteiger partial charge in [0, 0.05) is 24.7 Å². The fourth-order valence-corrected chi connectivity index (χ4v) is 2.53. The summed E-state index contributed by atoms with van der Waals surface area (Å²) in [5.41, 5.74) is 1.21. The molecule has 1 aromatic carbocycles. The third kappa shape index (κ3) is 4.22. The average molecular weight is 263 g/mol. The Labute approximate surface area is 116 Å². The van der Waals surface area contributed by atoms with E-state index in [0.717, 1.165) is 31.7 Å². The fraction of sp³-hybridized carbons (Fsp3) is 0.625. The van der Waals surface area contributed by atoms with Crippen LogP contribution in [0, 0.1) is 0 Å². The number of benzene rings is 1. The van der Waals surface area contributed by atoms with Gasteiger partial charge in [-0.05, 0) is 25.3 Å². The number of hydrogen-bond acceptors (Lipinski definition) is 3. The van der Waals surface area contributed by atoms with Gasteiger partial charge < -0.3 is 9.84 Å². The van der Waals surface area contributed by atoms with Crippen molar-refractivity contribution in [3.63, 3.8) is 0 Å². The molecule has 0 heterocycles. The van der Waals surface area contributed by atoms with Gasteiger partial charge >= 0.3 is 0 Å². The molecule has 0 aliphatic heterocycles. The van der Waals surface area contributed by atoms with Crippen LogP contribution in [0.2, 0.25) is 0 Å². The van der Waals surface area contributed by atoms with Crippen LogP contribution in [0.4, 0.5) is 0 Å². The highest BCUT2D eigenvalue weighted by atomic mass is 16.5. The summed E-state index contributed by atoms with van der Waals surface area (Å²) in [5, 5.41) is 10.0. The van der Waals surface area contributed by atoms with Gasteiger partial charge in [-0.25, -0.2) is 0 Å². The number of aliphatic hydroxyl groups excluding tert-OH is 1. The molecule has 1 fully saturated rings. The van der Waals surface area contributed by atoms with Crippen molar-refractivity contribution in [2.24, 2.45) is 0 Å². The van der Waals surface area contributed by atoms with E-state index in [1.807, 2.05) is 18.2 Å². The third-order valence-corrected chi connectivity index (χ3v) is 3.70. The summed E-state index contributed by atoms with van der Waals surface area (Å²) < 4.78 is 5.41. The number of rotatable bonds is 8. The lowest BCUT2D eigenvalue weighted by Crippen LogP contribution is -2.33. The molecule has 0 unspecified atom stereocenters. The molecule has 106 valence electrons. The van der Waals surface area contributed by atoms with E-state index in [-0.39, 0.29) is 6.10 Å². The fourth-order valence-electron chi connectivity index (χ4n) is 2.53. The quantitative estimate of drug-likeness (QED) is 0.783. The average Bonchev–Trinajstić information content (AvgIpc) is 3.23. The van der Waals surface area contributed by atoms with Crippen molar-refractivity contribution in [1.29, 1.82) is 0 Å². The minimum atomic E-state index is -0.208. The molecule has 0 bridgehead atoms. The normalized spacial score (nSPS) is 16.6. The highest BCUT2D eigenvalue weighted by molar-refractivity contribution is 5.33. The second kappa shape index (κ2) is 6.92. The molecule has 1 aromatic rings. The van der Waals surface area contributed by atoms with Crippen LogP contribution >= 0.6 is 0 Å². The predicted octanol–water partition coefficient (Wildman–Crippen LogP) is 2.82. The minimum Gasteiger partial charge on any atom is -0.496 e. The molecule has 3 heteroatoms. The molecular weight excluding hydrogens is 238 g/mol. The molecular formula is C16H25NO2. The van der Waals surface area contributed by atoms with Crippen molar-refractivity contribution in [1.82, 2.24) is 4.90 Å². The van der Waals surface area contributed by atoms with Crippen LogP contribution in [0.5, 0.6) is 5.75 Å². The molecule has 0 aromatic heterocycles. The van der Waals surface area contributed by atoms with E-state index in [1.165, 1.54) is 18.4 Å². The number of para-hydroxylation sites is 1. The van der Waals surface area contributed by atoms with Gasteiger partial charge in [-0.3, -0.25) is 4.90 Å². The molecule has 1 atom stereocenters. The maximum atomic E-state index is 10.0. The highest BCUT2D eigenvalue weighted by Gasteiger charge is 2.30. The van der Waals surface area contributed by atoms with Gasteiger partial charge in [-0.1, -0.05) is 31.5 Å². The minimum absolute atomic E-state index is 0.208. The molecule has 2 rings (SSSR count). The summed E-state index contributed by atoms with van der Waals surface area (Å²) in [6.07, 6.45) is 4.23. The number of hydrogen-bond donors (Lipinski definition) is 1. The lowest BCUT2D eigenvalue weighted by Gasteiger charge is -2.25. The molecule has 1 N–H and O–H groups in total. The van der Waals surface area contributed by atoms with Crippen LogP contribution in [-0.2, 0) is 6.54 Å². The zero-order chi connectivity index (χ0) is 13.7. The smallest absolute Gasteiger partial charge is 0.123 e. The van der Waals surface area contributed by atoms with Gasteiger partial charge in [0.15, 0.2) is 0 Å². The van der Waals surface area contributed by atoms with E-state index < -0.39 is 0 Å². The van der Waals surface area contributed by atoms with Gasteiger partial charge in [-0.2, -0.15) is 0 Å². The van der Waals surface area contributed by atoms with Crippen molar-refractivity contribution in [3.05, 3.63) is 29.8 Å². The van der Waals surface area contributed by atoms with E-state index in [1.54, 1.807) is 7.11 Å². The zero-order valence-corrected chi connectivity index (χ0v) is 12.0. The number of nitrogens with zero attached hydrogens (tertiary/aromatic N) is 1. The molecule has 1 aliphatic rings. The first-order chi connectivity index (χ1) is 9.24. The first-order valence-corrected chi connectivity index (χ1v) is 7.28. The van der Waals surface area contributed by atoms with Crippen molar-refractivity contribution in [2.45, 2.75) is 51.3 Å². The Morgan fingerprint density at radius 1 is 1.37 bits per heavy atom. The summed E-state index contributed by atoms with van der Waals surface area (Å²) >= 11 is 0. The maximum absolute atomic E-state index is 10.0. The Morgan fingerprint density at radius 3 is 2.74 bits per heavy atom. The summed E-state index contributed by atoms with van der Waals surface area (Å²) in [6, 6.07) is 8.81. The van der Waals surface area contributed by atoms with Crippen LogP contribution in [-0.4, -0.2) is 35.8 Å². The van der Waals surface area contributed by atoms with E-state index in [4.69, 9.17) is 4.74 Å². The summed E-state index contributed by atoms with van der Waals surface area (Å²) in [4.78, 5) is 2.40. The third-order valence-electron chi connectivity index (χ3n) is 3.70. The van der Waals surface area contributed by atoms with Gasteiger partial charge in [-0.15, -0.1) is 0 Å². The second-order valence-corrected chi connectivity index (χ2v) is 5.41. The van der Waals surface area contributed by atoms with Gasteiger partial charge in [0.2, 0.25) is 0 Å². The number of methoxy groups -OCH3 is 1. The number of aliphatic hydroxyl groups is 1. The van der Waals surface area contributed by atoms with Crippen LogP contribution in [0.1, 0.15) is 38.2 Å². The monoisotopic (exact) mass is 263 g/mol. The van der Waals surface area contributed by atoms with E-state index in [2.05, 4.69) is 17.9 Å². The largest absolute Gasteiger partial charge is 0.496 e. The first-order valence-electron chi connectivity index (χ1n) is 7.28. The van der Waals surface area contributed by atoms with Crippen molar-refractivity contribution >= 4 is 0 Å².